The summed E-state index contributed by atoms with van der Waals surface area (Å²) < 4.78 is 13.6. The second kappa shape index (κ2) is 5.80. The zero-order valence-electron chi connectivity index (χ0n) is 10.9. The predicted molar refractivity (Wildman–Crippen MR) is 67.5 cm³/mol. The maximum Gasteiger partial charge on any atom is 0.254 e. The number of benzene rings is 1. The summed E-state index contributed by atoms with van der Waals surface area (Å²) in [7, 11) is 0. The Balaban J connectivity index is 2.76. The van der Waals surface area contributed by atoms with E-state index in [0.717, 1.165) is 12.0 Å². The molecule has 0 aromatic heterocycles. The van der Waals surface area contributed by atoms with E-state index in [9.17, 15) is 9.18 Å². The molecule has 94 valence electrons. The van der Waals surface area contributed by atoms with Crippen LogP contribution in [0.25, 0.3) is 0 Å². The maximum atomic E-state index is 13.6. The third-order valence-electron chi connectivity index (χ3n) is 3.23. The van der Waals surface area contributed by atoms with E-state index in [4.69, 9.17) is 0 Å². The van der Waals surface area contributed by atoms with Crippen LogP contribution in [0, 0.1) is 18.7 Å². The molecule has 0 aliphatic rings. The van der Waals surface area contributed by atoms with Gasteiger partial charge in [0, 0.05) is 6.04 Å². The fourth-order valence-corrected chi connectivity index (χ4v) is 1.58. The van der Waals surface area contributed by atoms with Crippen molar-refractivity contribution in [1.29, 1.82) is 0 Å². The van der Waals surface area contributed by atoms with Crippen LogP contribution in [-0.2, 0) is 0 Å². The van der Waals surface area contributed by atoms with Gasteiger partial charge in [-0.25, -0.2) is 4.39 Å². The number of rotatable bonds is 4. The van der Waals surface area contributed by atoms with Crippen LogP contribution in [0.2, 0.25) is 0 Å². The van der Waals surface area contributed by atoms with Gasteiger partial charge in [0.15, 0.2) is 0 Å². The Hall–Kier alpha value is -1.38. The molecule has 0 fully saturated rings. The average Bonchev–Trinajstić information content (AvgIpc) is 2.27. The van der Waals surface area contributed by atoms with Gasteiger partial charge in [0.05, 0.1) is 5.56 Å². The topological polar surface area (TPSA) is 29.1 Å². The molecule has 1 N–H and O–H groups in total. The number of amides is 1. The zero-order chi connectivity index (χ0) is 13.0. The van der Waals surface area contributed by atoms with E-state index in [2.05, 4.69) is 19.2 Å². The smallest absolute Gasteiger partial charge is 0.254 e. The fraction of sp³-hybridized carbons (Fsp3) is 0.500. The highest BCUT2D eigenvalue weighted by molar-refractivity contribution is 5.94. The molecule has 0 radical (unpaired) electrons. The number of carbonyl (C=O) groups excluding carboxylic acids is 1. The minimum atomic E-state index is -0.459. The van der Waals surface area contributed by atoms with Crippen LogP contribution in [0.1, 0.15) is 43.1 Å². The van der Waals surface area contributed by atoms with Gasteiger partial charge in [-0.1, -0.05) is 26.3 Å². The highest BCUT2D eigenvalue weighted by atomic mass is 19.1. The van der Waals surface area contributed by atoms with E-state index in [-0.39, 0.29) is 17.5 Å². The molecule has 3 heteroatoms. The Kier molecular flexibility index (Phi) is 4.67. The SMILES string of the molecule is CCC(C)C(C)NC(=O)c1ccc(C)cc1F. The van der Waals surface area contributed by atoms with Crippen LogP contribution in [-0.4, -0.2) is 11.9 Å². The van der Waals surface area contributed by atoms with Gasteiger partial charge >= 0.3 is 0 Å². The molecule has 2 unspecified atom stereocenters. The molecule has 17 heavy (non-hydrogen) atoms. The summed E-state index contributed by atoms with van der Waals surface area (Å²) in [5, 5.41) is 2.83. The van der Waals surface area contributed by atoms with E-state index in [1.54, 1.807) is 13.0 Å². The van der Waals surface area contributed by atoms with Crippen molar-refractivity contribution in [3.63, 3.8) is 0 Å². The zero-order valence-corrected chi connectivity index (χ0v) is 10.9. The Morgan fingerprint density at radius 1 is 1.41 bits per heavy atom. The Morgan fingerprint density at radius 3 is 2.59 bits per heavy atom. The van der Waals surface area contributed by atoms with Gasteiger partial charge in [-0.05, 0) is 37.5 Å². The molecular weight excluding hydrogens is 217 g/mol. The molecule has 0 aliphatic heterocycles. The lowest BCUT2D eigenvalue weighted by Gasteiger charge is -2.20. The van der Waals surface area contributed by atoms with Gasteiger partial charge < -0.3 is 5.32 Å². The number of hydrogen-bond acceptors (Lipinski definition) is 1. The molecule has 2 nitrogen and oxygen atoms in total. The Morgan fingerprint density at radius 2 is 2.06 bits per heavy atom. The lowest BCUT2D eigenvalue weighted by atomic mass is 10.0. The van der Waals surface area contributed by atoms with Crippen molar-refractivity contribution >= 4 is 5.91 Å². The molecule has 0 bridgehead atoms. The molecule has 0 spiro atoms. The minimum absolute atomic E-state index is 0.0493. The van der Waals surface area contributed by atoms with Crippen molar-refractivity contribution in [3.8, 4) is 0 Å². The summed E-state index contributed by atoms with van der Waals surface area (Å²) in [6.45, 7) is 7.88. The van der Waals surface area contributed by atoms with Gasteiger partial charge in [0.25, 0.3) is 5.91 Å². The third-order valence-corrected chi connectivity index (χ3v) is 3.23. The van der Waals surface area contributed by atoms with Crippen molar-refractivity contribution in [2.24, 2.45) is 5.92 Å². The maximum absolute atomic E-state index is 13.6. The van der Waals surface area contributed by atoms with Crippen molar-refractivity contribution in [2.45, 2.75) is 40.2 Å². The summed E-state index contributed by atoms with van der Waals surface area (Å²) in [6.07, 6.45) is 0.984. The van der Waals surface area contributed by atoms with Gasteiger partial charge in [-0.2, -0.15) is 0 Å². The first-order valence-electron chi connectivity index (χ1n) is 6.02. The average molecular weight is 237 g/mol. The van der Waals surface area contributed by atoms with Crippen LogP contribution in [0.4, 0.5) is 4.39 Å². The van der Waals surface area contributed by atoms with E-state index in [0.29, 0.717) is 5.92 Å². The van der Waals surface area contributed by atoms with Gasteiger partial charge in [-0.15, -0.1) is 0 Å². The first-order chi connectivity index (χ1) is 7.95. The molecule has 1 amide bonds. The van der Waals surface area contributed by atoms with Crippen molar-refractivity contribution in [2.75, 3.05) is 0 Å². The predicted octanol–water partition coefficient (Wildman–Crippen LogP) is 3.30. The van der Waals surface area contributed by atoms with Crippen LogP contribution in [0.3, 0.4) is 0 Å². The number of hydrogen-bond donors (Lipinski definition) is 1. The molecule has 1 rings (SSSR count). The monoisotopic (exact) mass is 237 g/mol. The standard InChI is InChI=1S/C14H20FNO/c1-5-10(3)11(4)16-14(17)12-7-6-9(2)8-13(12)15/h6-8,10-11H,5H2,1-4H3,(H,16,17). The molecule has 0 aliphatic carbocycles. The first kappa shape index (κ1) is 13.7. The van der Waals surface area contributed by atoms with E-state index >= 15 is 0 Å². The summed E-state index contributed by atoms with van der Waals surface area (Å²) in [5.41, 5.74) is 0.930. The van der Waals surface area contributed by atoms with Crippen LogP contribution < -0.4 is 5.32 Å². The Labute approximate surface area is 102 Å². The number of nitrogens with one attached hydrogen (secondary N) is 1. The van der Waals surface area contributed by atoms with E-state index in [1.807, 2.05) is 6.92 Å². The van der Waals surface area contributed by atoms with Crippen molar-refractivity contribution in [3.05, 3.63) is 35.1 Å². The lowest BCUT2D eigenvalue weighted by Crippen LogP contribution is -2.37. The second-order valence-corrected chi connectivity index (χ2v) is 4.63. The molecule has 0 saturated carbocycles. The highest BCUT2D eigenvalue weighted by Gasteiger charge is 2.16. The van der Waals surface area contributed by atoms with Crippen molar-refractivity contribution < 1.29 is 9.18 Å². The quantitative estimate of drug-likeness (QED) is 0.855. The second-order valence-electron chi connectivity index (χ2n) is 4.63. The fourth-order valence-electron chi connectivity index (χ4n) is 1.58. The third kappa shape index (κ3) is 3.55. The highest BCUT2D eigenvalue weighted by Crippen LogP contribution is 2.12. The molecule has 1 aromatic rings. The number of aryl methyl sites for hydroxylation is 1. The van der Waals surface area contributed by atoms with E-state index < -0.39 is 5.82 Å². The molecule has 0 heterocycles. The first-order valence-corrected chi connectivity index (χ1v) is 6.02. The van der Waals surface area contributed by atoms with Crippen LogP contribution >= 0.6 is 0 Å². The summed E-state index contributed by atoms with van der Waals surface area (Å²) in [5.74, 6) is -0.415. The molecule has 0 saturated heterocycles. The van der Waals surface area contributed by atoms with Crippen LogP contribution in [0.5, 0.6) is 0 Å². The molecule has 2 atom stereocenters. The van der Waals surface area contributed by atoms with E-state index in [1.165, 1.54) is 12.1 Å². The number of halogens is 1. The summed E-state index contributed by atoms with van der Waals surface area (Å²) in [4.78, 5) is 11.9. The van der Waals surface area contributed by atoms with Gasteiger partial charge in [-0.3, -0.25) is 4.79 Å². The molecular formula is C14H20FNO. The van der Waals surface area contributed by atoms with Crippen LogP contribution in [0.15, 0.2) is 18.2 Å². The molecule has 1 aromatic carbocycles. The van der Waals surface area contributed by atoms with Crippen molar-refractivity contribution in [1.82, 2.24) is 5.32 Å². The normalized spacial score (nSPS) is 14.2. The summed E-state index contributed by atoms with van der Waals surface area (Å²) >= 11 is 0. The largest absolute Gasteiger partial charge is 0.349 e. The van der Waals surface area contributed by atoms with Gasteiger partial charge in [0.2, 0.25) is 0 Å². The van der Waals surface area contributed by atoms with Gasteiger partial charge in [0.1, 0.15) is 5.82 Å². The number of carbonyl (C=O) groups is 1. The Bertz CT molecular complexity index is 403. The lowest BCUT2D eigenvalue weighted by molar-refractivity contribution is 0.0924. The minimum Gasteiger partial charge on any atom is -0.349 e. The summed E-state index contributed by atoms with van der Waals surface area (Å²) in [6, 6.07) is 4.70.